The van der Waals surface area contributed by atoms with Crippen LogP contribution >= 0.6 is 0 Å². The van der Waals surface area contributed by atoms with Crippen LogP contribution in [-0.2, 0) is 4.74 Å². The highest BCUT2D eigenvalue weighted by Gasteiger charge is 2.31. The molecular formula is C18H19N3O4. The second-order valence-electron chi connectivity index (χ2n) is 6.01. The molecule has 1 saturated heterocycles. The second-order valence-corrected chi connectivity index (χ2v) is 6.01. The van der Waals surface area contributed by atoms with Crippen molar-refractivity contribution in [3.63, 3.8) is 0 Å². The normalized spacial score (nSPS) is 18.9. The molecule has 0 aliphatic carbocycles. The van der Waals surface area contributed by atoms with Crippen LogP contribution in [0.1, 0.15) is 34.8 Å². The molecule has 4 rings (SSSR count). The van der Waals surface area contributed by atoms with Gasteiger partial charge in [0.25, 0.3) is 0 Å². The third-order valence-electron chi connectivity index (χ3n) is 4.57. The average Bonchev–Trinajstić information content (AvgIpc) is 3.16. The fourth-order valence-electron chi connectivity index (χ4n) is 3.44. The van der Waals surface area contributed by atoms with Crippen molar-refractivity contribution < 1.29 is 19.0 Å². The van der Waals surface area contributed by atoms with Gasteiger partial charge in [0.15, 0.2) is 11.5 Å². The lowest BCUT2D eigenvalue weighted by molar-refractivity contribution is 0.0600. The number of aromatic nitrogens is 2. The van der Waals surface area contributed by atoms with Gasteiger partial charge in [-0.15, -0.1) is 0 Å². The van der Waals surface area contributed by atoms with E-state index in [1.165, 1.54) is 19.6 Å². The number of hydrogen-bond donors (Lipinski definition) is 0. The lowest BCUT2D eigenvalue weighted by atomic mass is 10.0. The molecule has 130 valence electrons. The van der Waals surface area contributed by atoms with Gasteiger partial charge in [-0.05, 0) is 30.5 Å². The zero-order chi connectivity index (χ0) is 17.2. The number of carbonyl (C=O) groups excluding carboxylic acids is 1. The first-order chi connectivity index (χ1) is 12.3. The van der Waals surface area contributed by atoms with Crippen molar-refractivity contribution in [2.45, 2.75) is 18.9 Å². The topological polar surface area (TPSA) is 73.8 Å². The first-order valence-electron chi connectivity index (χ1n) is 8.32. The molecule has 3 heterocycles. The number of carbonyl (C=O) groups is 1. The monoisotopic (exact) mass is 341 g/mol. The fourth-order valence-corrected chi connectivity index (χ4v) is 3.44. The highest BCUT2D eigenvalue weighted by molar-refractivity contribution is 5.94. The van der Waals surface area contributed by atoms with Gasteiger partial charge in [-0.1, -0.05) is 6.07 Å². The van der Waals surface area contributed by atoms with E-state index >= 15 is 0 Å². The summed E-state index contributed by atoms with van der Waals surface area (Å²) < 4.78 is 16.2. The van der Waals surface area contributed by atoms with Crippen molar-refractivity contribution in [3.05, 3.63) is 41.9 Å². The van der Waals surface area contributed by atoms with E-state index in [0.717, 1.165) is 36.4 Å². The Balaban J connectivity index is 1.69. The summed E-state index contributed by atoms with van der Waals surface area (Å²) in [7, 11) is 1.36. The minimum absolute atomic E-state index is 0.120. The van der Waals surface area contributed by atoms with E-state index in [1.807, 2.05) is 12.1 Å². The van der Waals surface area contributed by atoms with Crippen molar-refractivity contribution >= 4 is 11.8 Å². The number of methoxy groups -OCH3 is 1. The van der Waals surface area contributed by atoms with Gasteiger partial charge >= 0.3 is 5.97 Å². The van der Waals surface area contributed by atoms with Crippen LogP contribution in [0.25, 0.3) is 0 Å². The molecule has 1 atom stereocenters. The molecule has 0 amide bonds. The molecule has 2 aliphatic rings. The van der Waals surface area contributed by atoms with Crippen LogP contribution in [0.4, 0.5) is 5.82 Å². The first kappa shape index (κ1) is 15.7. The van der Waals surface area contributed by atoms with Crippen LogP contribution in [0, 0.1) is 0 Å². The van der Waals surface area contributed by atoms with Crippen molar-refractivity contribution in [2.75, 3.05) is 31.8 Å². The summed E-state index contributed by atoms with van der Waals surface area (Å²) in [6, 6.07) is 6.14. The summed E-state index contributed by atoms with van der Waals surface area (Å²) in [6.07, 6.45) is 4.96. The summed E-state index contributed by atoms with van der Waals surface area (Å²) in [5.41, 5.74) is 1.51. The average molecular weight is 341 g/mol. The van der Waals surface area contributed by atoms with Crippen LogP contribution in [0.3, 0.4) is 0 Å². The molecule has 7 nitrogen and oxygen atoms in total. The van der Waals surface area contributed by atoms with E-state index in [0.29, 0.717) is 24.6 Å². The molecular weight excluding hydrogens is 322 g/mol. The number of nitrogens with zero attached hydrogens (tertiary/aromatic N) is 3. The largest absolute Gasteiger partial charge is 0.486 e. The number of anilines is 1. The highest BCUT2D eigenvalue weighted by atomic mass is 16.6. The Hall–Kier alpha value is -2.83. The van der Waals surface area contributed by atoms with E-state index in [-0.39, 0.29) is 6.04 Å². The molecule has 0 N–H and O–H groups in total. The van der Waals surface area contributed by atoms with E-state index < -0.39 is 5.97 Å². The number of esters is 1. The Labute approximate surface area is 145 Å². The molecule has 2 aliphatic heterocycles. The molecule has 1 fully saturated rings. The number of rotatable bonds is 3. The molecule has 1 aromatic heterocycles. The van der Waals surface area contributed by atoms with Gasteiger partial charge in [0.1, 0.15) is 30.9 Å². The van der Waals surface area contributed by atoms with Gasteiger partial charge in [0.05, 0.1) is 13.2 Å². The minimum atomic E-state index is -0.427. The maximum Gasteiger partial charge on any atom is 0.343 e. The zero-order valence-corrected chi connectivity index (χ0v) is 14.0. The van der Waals surface area contributed by atoms with E-state index in [4.69, 9.17) is 14.2 Å². The van der Waals surface area contributed by atoms with E-state index in [1.54, 1.807) is 0 Å². The quantitative estimate of drug-likeness (QED) is 0.794. The lowest BCUT2D eigenvalue weighted by Gasteiger charge is -2.28. The van der Waals surface area contributed by atoms with Crippen molar-refractivity contribution in [2.24, 2.45) is 0 Å². The van der Waals surface area contributed by atoms with Crippen LogP contribution in [0.5, 0.6) is 11.5 Å². The Morgan fingerprint density at radius 3 is 2.96 bits per heavy atom. The zero-order valence-electron chi connectivity index (χ0n) is 14.0. The van der Waals surface area contributed by atoms with E-state index in [9.17, 15) is 4.79 Å². The van der Waals surface area contributed by atoms with Gasteiger partial charge in [0.2, 0.25) is 0 Å². The smallest absolute Gasteiger partial charge is 0.343 e. The van der Waals surface area contributed by atoms with Crippen molar-refractivity contribution in [1.82, 2.24) is 9.97 Å². The van der Waals surface area contributed by atoms with Gasteiger partial charge < -0.3 is 19.1 Å². The molecule has 25 heavy (non-hydrogen) atoms. The summed E-state index contributed by atoms with van der Waals surface area (Å²) in [4.78, 5) is 22.5. The van der Waals surface area contributed by atoms with Gasteiger partial charge in [-0.3, -0.25) is 0 Å². The number of hydrogen-bond acceptors (Lipinski definition) is 7. The summed E-state index contributed by atoms with van der Waals surface area (Å²) in [5.74, 6) is 1.73. The molecule has 0 bridgehead atoms. The van der Waals surface area contributed by atoms with Crippen molar-refractivity contribution in [3.8, 4) is 11.5 Å². The first-order valence-corrected chi connectivity index (χ1v) is 8.32. The Bertz CT molecular complexity index is 796. The SMILES string of the molecule is COC(=O)c1cncnc1N1CCC[C@H]1c1ccc2c(c1)OCCO2. The molecule has 0 unspecified atom stereocenters. The predicted molar refractivity (Wildman–Crippen MR) is 90.1 cm³/mol. The third kappa shape index (κ3) is 2.86. The van der Waals surface area contributed by atoms with Gasteiger partial charge in [-0.25, -0.2) is 14.8 Å². The Kier molecular flexibility index (Phi) is 4.13. The van der Waals surface area contributed by atoms with Gasteiger partial charge in [0, 0.05) is 12.7 Å². The standard InChI is InChI=1S/C18H19N3O4/c1-23-18(22)13-10-19-11-20-17(13)21-6-2-3-14(21)12-4-5-15-16(9-12)25-8-7-24-15/h4-5,9-11,14H,2-3,6-8H2,1H3/t14-/m0/s1. The fraction of sp³-hybridized carbons (Fsp3) is 0.389. The van der Waals surface area contributed by atoms with Crippen molar-refractivity contribution in [1.29, 1.82) is 0 Å². The second kappa shape index (κ2) is 6.58. The highest BCUT2D eigenvalue weighted by Crippen LogP contribution is 2.40. The minimum Gasteiger partial charge on any atom is -0.486 e. The number of ether oxygens (including phenoxy) is 3. The van der Waals surface area contributed by atoms with E-state index in [2.05, 4.69) is 20.9 Å². The Morgan fingerprint density at radius 2 is 2.12 bits per heavy atom. The molecule has 0 radical (unpaired) electrons. The molecule has 0 spiro atoms. The van der Waals surface area contributed by atoms with Gasteiger partial charge in [-0.2, -0.15) is 0 Å². The van der Waals surface area contributed by atoms with Crippen LogP contribution < -0.4 is 14.4 Å². The van der Waals surface area contributed by atoms with Crippen LogP contribution in [0.15, 0.2) is 30.7 Å². The maximum absolute atomic E-state index is 12.1. The predicted octanol–water partition coefficient (Wildman–Crippen LogP) is 2.38. The summed E-state index contributed by atoms with van der Waals surface area (Å²) in [6.45, 7) is 1.95. The van der Waals surface area contributed by atoms with Crippen LogP contribution in [-0.4, -0.2) is 42.8 Å². The van der Waals surface area contributed by atoms with Crippen LogP contribution in [0.2, 0.25) is 0 Å². The molecule has 2 aromatic rings. The molecule has 0 saturated carbocycles. The molecule has 1 aromatic carbocycles. The lowest BCUT2D eigenvalue weighted by Crippen LogP contribution is -2.26. The summed E-state index contributed by atoms with van der Waals surface area (Å²) in [5, 5.41) is 0. The number of fused-ring (bicyclic) bond motifs is 1. The molecule has 7 heteroatoms. The Morgan fingerprint density at radius 1 is 1.28 bits per heavy atom. The summed E-state index contributed by atoms with van der Waals surface area (Å²) >= 11 is 0. The third-order valence-corrected chi connectivity index (χ3v) is 4.57. The maximum atomic E-state index is 12.1. The number of benzene rings is 1.